The topological polar surface area (TPSA) is 49.4 Å². The lowest BCUT2D eigenvalue weighted by atomic mass is 10.1. The van der Waals surface area contributed by atoms with Crippen molar-refractivity contribution >= 4 is 46.6 Å². The fourth-order valence-corrected chi connectivity index (χ4v) is 4.43. The van der Waals surface area contributed by atoms with Crippen LogP contribution in [0, 0.1) is 20.8 Å². The van der Waals surface area contributed by atoms with Crippen LogP contribution in [0.3, 0.4) is 0 Å². The summed E-state index contributed by atoms with van der Waals surface area (Å²) in [7, 11) is 0. The Labute approximate surface area is 190 Å². The Balaban J connectivity index is 1.78. The highest BCUT2D eigenvalue weighted by atomic mass is 35.5. The highest BCUT2D eigenvalue weighted by Gasteiger charge is 2.40. The van der Waals surface area contributed by atoms with E-state index < -0.39 is 0 Å². The Bertz CT molecular complexity index is 1220. The van der Waals surface area contributed by atoms with Gasteiger partial charge in [-0.3, -0.25) is 9.59 Å². The van der Waals surface area contributed by atoms with Crippen molar-refractivity contribution < 1.29 is 9.59 Å². The third kappa shape index (κ3) is 4.38. The summed E-state index contributed by atoms with van der Waals surface area (Å²) >= 11 is 7.26. The quantitative estimate of drug-likeness (QED) is 0.468. The second-order valence-corrected chi connectivity index (χ2v) is 9.01. The van der Waals surface area contributed by atoms with Crippen molar-refractivity contribution in [2.75, 3.05) is 10.2 Å². The number of imide groups is 1. The predicted molar refractivity (Wildman–Crippen MR) is 128 cm³/mol. The van der Waals surface area contributed by atoms with Gasteiger partial charge < -0.3 is 5.32 Å². The Kier molecular flexibility index (Phi) is 5.90. The van der Waals surface area contributed by atoms with E-state index in [0.717, 1.165) is 27.3 Å². The largest absolute Gasteiger partial charge is 0.350 e. The normalized spacial score (nSPS) is 13.9. The second kappa shape index (κ2) is 8.61. The average Bonchev–Trinajstić information content (AvgIpc) is 2.95. The van der Waals surface area contributed by atoms with Crippen molar-refractivity contribution in [2.45, 2.75) is 25.7 Å². The van der Waals surface area contributed by atoms with Crippen LogP contribution in [0.25, 0.3) is 0 Å². The number of anilines is 2. The van der Waals surface area contributed by atoms with E-state index in [1.54, 1.807) is 12.1 Å². The van der Waals surface area contributed by atoms with Crippen LogP contribution in [0.4, 0.5) is 11.4 Å². The molecule has 2 amide bonds. The molecule has 0 radical (unpaired) electrons. The molecule has 3 aromatic carbocycles. The van der Waals surface area contributed by atoms with Crippen LogP contribution in [-0.4, -0.2) is 11.8 Å². The molecule has 0 saturated heterocycles. The van der Waals surface area contributed by atoms with E-state index in [1.165, 1.54) is 16.7 Å². The molecule has 0 fully saturated rings. The fourth-order valence-electron chi connectivity index (χ4n) is 3.38. The van der Waals surface area contributed by atoms with Gasteiger partial charge in [-0.2, -0.15) is 0 Å². The highest BCUT2D eigenvalue weighted by Crippen LogP contribution is 2.39. The predicted octanol–water partition coefficient (Wildman–Crippen LogP) is 6.25. The molecule has 0 aromatic heterocycles. The molecular formula is C25H21ClN2O2S. The van der Waals surface area contributed by atoms with Crippen LogP contribution >= 0.6 is 23.4 Å². The number of aryl methyl sites for hydroxylation is 3. The van der Waals surface area contributed by atoms with Gasteiger partial charge in [-0.05, 0) is 79.9 Å². The number of hydrogen-bond donors (Lipinski definition) is 1. The first-order valence-electron chi connectivity index (χ1n) is 9.81. The van der Waals surface area contributed by atoms with Gasteiger partial charge in [0.1, 0.15) is 10.6 Å². The summed E-state index contributed by atoms with van der Waals surface area (Å²) in [6, 6.07) is 20.7. The summed E-state index contributed by atoms with van der Waals surface area (Å²) < 4.78 is 0. The van der Waals surface area contributed by atoms with Crippen LogP contribution in [0.5, 0.6) is 0 Å². The van der Waals surface area contributed by atoms with Gasteiger partial charge in [-0.15, -0.1) is 0 Å². The number of nitrogens with one attached hydrogen (secondary N) is 1. The lowest BCUT2D eigenvalue weighted by Crippen LogP contribution is -2.33. The highest BCUT2D eigenvalue weighted by molar-refractivity contribution is 8.04. The van der Waals surface area contributed by atoms with Crippen LogP contribution in [0.15, 0.2) is 82.2 Å². The Morgan fingerprint density at radius 1 is 0.839 bits per heavy atom. The van der Waals surface area contributed by atoms with Crippen LogP contribution < -0.4 is 10.2 Å². The molecule has 156 valence electrons. The number of amides is 2. The molecule has 0 atom stereocenters. The molecule has 1 aliphatic heterocycles. The van der Waals surface area contributed by atoms with Crippen LogP contribution in [0.1, 0.15) is 16.7 Å². The van der Waals surface area contributed by atoms with E-state index in [1.807, 2.05) is 75.4 Å². The standard InChI is InChI=1S/C25H21ClN2O2S/c1-15-5-4-6-19(13-15)27-22-23(31-20-11-9-18(26)10-12-20)25(30)28(24(22)29)21-14-16(2)7-8-17(21)3/h4-14,27H,1-3H3. The summed E-state index contributed by atoms with van der Waals surface area (Å²) in [6.45, 7) is 5.82. The number of halogens is 1. The summed E-state index contributed by atoms with van der Waals surface area (Å²) in [5.41, 5.74) is 4.53. The lowest BCUT2D eigenvalue weighted by Gasteiger charge is -2.18. The summed E-state index contributed by atoms with van der Waals surface area (Å²) in [6.07, 6.45) is 0. The molecule has 0 aliphatic carbocycles. The lowest BCUT2D eigenvalue weighted by molar-refractivity contribution is -0.120. The van der Waals surface area contributed by atoms with Crippen molar-refractivity contribution in [3.63, 3.8) is 0 Å². The number of thioether (sulfide) groups is 1. The van der Waals surface area contributed by atoms with Crippen molar-refractivity contribution in [3.8, 4) is 0 Å². The van der Waals surface area contributed by atoms with Gasteiger partial charge in [-0.25, -0.2) is 4.90 Å². The van der Waals surface area contributed by atoms with E-state index >= 15 is 0 Å². The molecule has 31 heavy (non-hydrogen) atoms. The van der Waals surface area contributed by atoms with Gasteiger partial charge >= 0.3 is 0 Å². The summed E-state index contributed by atoms with van der Waals surface area (Å²) in [5, 5.41) is 3.81. The maximum absolute atomic E-state index is 13.5. The van der Waals surface area contributed by atoms with Gasteiger partial charge in [0.25, 0.3) is 11.8 Å². The molecule has 0 saturated carbocycles. The Hall–Kier alpha value is -3.02. The first-order valence-corrected chi connectivity index (χ1v) is 11.0. The zero-order valence-corrected chi connectivity index (χ0v) is 19.0. The SMILES string of the molecule is Cc1cccc(NC2=C(Sc3ccc(Cl)cc3)C(=O)N(c3cc(C)ccc3C)C2=O)c1. The maximum Gasteiger partial charge on any atom is 0.283 e. The van der Waals surface area contributed by atoms with Crippen molar-refractivity contribution in [2.24, 2.45) is 0 Å². The van der Waals surface area contributed by atoms with E-state index in [2.05, 4.69) is 5.32 Å². The molecule has 1 heterocycles. The molecule has 0 spiro atoms. The van der Waals surface area contributed by atoms with Gasteiger partial charge in [0, 0.05) is 15.6 Å². The summed E-state index contributed by atoms with van der Waals surface area (Å²) in [5.74, 6) is -0.703. The average molecular weight is 449 g/mol. The molecule has 3 aromatic rings. The van der Waals surface area contributed by atoms with Gasteiger partial charge in [0.05, 0.1) is 5.69 Å². The minimum atomic E-state index is -0.364. The number of benzene rings is 3. The van der Waals surface area contributed by atoms with E-state index in [-0.39, 0.29) is 17.5 Å². The van der Waals surface area contributed by atoms with Crippen molar-refractivity contribution in [1.82, 2.24) is 0 Å². The molecule has 4 nitrogen and oxygen atoms in total. The van der Waals surface area contributed by atoms with E-state index in [9.17, 15) is 9.59 Å². The molecule has 1 N–H and O–H groups in total. The number of rotatable bonds is 5. The molecule has 4 rings (SSSR count). The number of carbonyl (C=O) groups excluding carboxylic acids is 2. The summed E-state index contributed by atoms with van der Waals surface area (Å²) in [4.78, 5) is 29.4. The van der Waals surface area contributed by atoms with Crippen LogP contribution in [-0.2, 0) is 9.59 Å². The van der Waals surface area contributed by atoms with Crippen LogP contribution in [0.2, 0.25) is 5.02 Å². The fraction of sp³-hybridized carbons (Fsp3) is 0.120. The molecule has 6 heteroatoms. The van der Waals surface area contributed by atoms with Gasteiger partial charge in [0.2, 0.25) is 0 Å². The minimum absolute atomic E-state index is 0.274. The first-order chi connectivity index (χ1) is 14.8. The third-order valence-electron chi connectivity index (χ3n) is 4.97. The number of hydrogen-bond acceptors (Lipinski definition) is 4. The minimum Gasteiger partial charge on any atom is -0.350 e. The molecule has 1 aliphatic rings. The van der Waals surface area contributed by atoms with Crippen molar-refractivity contribution in [1.29, 1.82) is 0 Å². The monoisotopic (exact) mass is 448 g/mol. The number of nitrogens with zero attached hydrogens (tertiary/aromatic N) is 1. The third-order valence-corrected chi connectivity index (χ3v) is 6.31. The molecule has 0 unspecified atom stereocenters. The molecular weight excluding hydrogens is 428 g/mol. The zero-order chi connectivity index (χ0) is 22.1. The number of carbonyl (C=O) groups is 2. The second-order valence-electron chi connectivity index (χ2n) is 7.49. The van der Waals surface area contributed by atoms with E-state index in [0.29, 0.717) is 15.6 Å². The van der Waals surface area contributed by atoms with Crippen molar-refractivity contribution in [3.05, 3.63) is 99.0 Å². The first kappa shape index (κ1) is 21.2. The van der Waals surface area contributed by atoms with Gasteiger partial charge in [0.15, 0.2) is 0 Å². The zero-order valence-electron chi connectivity index (χ0n) is 17.4. The molecule has 0 bridgehead atoms. The smallest absolute Gasteiger partial charge is 0.283 e. The Morgan fingerprint density at radius 2 is 1.55 bits per heavy atom. The van der Waals surface area contributed by atoms with Gasteiger partial charge in [-0.1, -0.05) is 47.6 Å². The maximum atomic E-state index is 13.5. The van der Waals surface area contributed by atoms with E-state index in [4.69, 9.17) is 11.6 Å². The Morgan fingerprint density at radius 3 is 2.26 bits per heavy atom.